The van der Waals surface area contributed by atoms with Crippen molar-refractivity contribution in [1.29, 1.82) is 0 Å². The van der Waals surface area contributed by atoms with E-state index in [0.717, 1.165) is 51.0 Å². The van der Waals surface area contributed by atoms with Gasteiger partial charge in [0.15, 0.2) is 13.1 Å². The summed E-state index contributed by atoms with van der Waals surface area (Å²) in [6.45, 7) is 12.8. The van der Waals surface area contributed by atoms with Gasteiger partial charge < -0.3 is 47.4 Å². The molecule has 15 heteroatoms. The van der Waals surface area contributed by atoms with E-state index in [9.17, 15) is 17.8 Å². The van der Waals surface area contributed by atoms with Crippen LogP contribution in [0, 0.1) is 6.92 Å². The van der Waals surface area contributed by atoms with Crippen LogP contribution in [0.3, 0.4) is 0 Å². The zero-order valence-electron chi connectivity index (χ0n) is 37.8. The first-order valence-electron chi connectivity index (χ1n) is 21.8. The highest BCUT2D eigenvalue weighted by atomic mass is 32.2. The van der Waals surface area contributed by atoms with Gasteiger partial charge in [0.25, 0.3) is 0 Å². The predicted octanol–water partition coefficient (Wildman–Crippen LogP) is 6.74. The van der Waals surface area contributed by atoms with E-state index in [-0.39, 0.29) is 11.3 Å². The standard InChI is InChI=1S/C49H64N2O12S/c1-37-44(15-12-16-46-49(2,3)42-36-40(64(54,55)56)19-21-43(42)51(46)22-11-7-10-17-47(52)53)63-45-35-39(18-20-41(45)48(37)38-13-8-6-9-14-38)50(23-25-59-31-33-61-29-27-57-4)24-26-60-32-34-62-30-28-58-5/h6,8-9,12-16,18-21,35-36H,7,10-11,17,22-34H2,1-5H3,(H-,52,53,54,55,56). The van der Waals surface area contributed by atoms with Crippen molar-refractivity contribution in [2.45, 2.75) is 56.8 Å². The number of allylic oxidation sites excluding steroid dienone is 3. The van der Waals surface area contributed by atoms with E-state index in [0.29, 0.717) is 110 Å². The van der Waals surface area contributed by atoms with Crippen molar-refractivity contribution in [3.63, 3.8) is 0 Å². The number of aliphatic carboxylic acids is 1. The fourth-order valence-electron chi connectivity index (χ4n) is 7.80. The Kier molecular flexibility index (Phi) is 19.7. The molecule has 1 N–H and O–H groups in total. The van der Waals surface area contributed by atoms with Crippen LogP contribution < -0.4 is 14.8 Å². The minimum absolute atomic E-state index is 0.0951. The molecule has 0 atom stereocenters. The summed E-state index contributed by atoms with van der Waals surface area (Å²) in [6, 6.07) is 21.0. The van der Waals surface area contributed by atoms with E-state index in [1.807, 2.05) is 50.3 Å². The van der Waals surface area contributed by atoms with Gasteiger partial charge in [-0.1, -0.05) is 56.7 Å². The first-order valence-corrected chi connectivity index (χ1v) is 23.3. The van der Waals surface area contributed by atoms with Crippen molar-refractivity contribution in [1.82, 2.24) is 4.58 Å². The average Bonchev–Trinajstić information content (AvgIpc) is 3.48. The number of nitrogens with zero attached hydrogens (tertiary/aromatic N) is 2. The summed E-state index contributed by atoms with van der Waals surface area (Å²) in [7, 11) is -1.39. The topological polar surface area (TPSA) is 169 Å². The maximum absolute atomic E-state index is 12.1. The van der Waals surface area contributed by atoms with Crippen LogP contribution in [0.25, 0.3) is 28.5 Å². The lowest BCUT2D eigenvalue weighted by Gasteiger charge is -2.27. The molecule has 2 aromatic rings. The van der Waals surface area contributed by atoms with Gasteiger partial charge in [-0.25, -0.2) is 13.0 Å². The summed E-state index contributed by atoms with van der Waals surface area (Å²) in [5.74, 6) is 0.529. The maximum atomic E-state index is 12.1. The summed E-state index contributed by atoms with van der Waals surface area (Å²) in [6.07, 6.45) is 7.97. The number of unbranched alkanes of at least 4 members (excludes halogenated alkanes) is 2. The van der Waals surface area contributed by atoms with Crippen LogP contribution in [0.1, 0.15) is 56.4 Å². The lowest BCUT2D eigenvalue weighted by atomic mass is 9.83. The fourth-order valence-corrected chi connectivity index (χ4v) is 8.30. The molecule has 0 saturated heterocycles. The molecule has 0 unspecified atom stereocenters. The number of methoxy groups -OCH3 is 2. The van der Waals surface area contributed by atoms with E-state index < -0.39 is 21.5 Å². The second-order valence-corrected chi connectivity index (χ2v) is 17.3. The highest BCUT2D eigenvalue weighted by Crippen LogP contribution is 2.48. The Morgan fingerprint density at radius 2 is 1.44 bits per heavy atom. The maximum Gasteiger partial charge on any atom is 0.303 e. The number of carbonyl (C=O) groups is 1. The van der Waals surface area contributed by atoms with Gasteiger partial charge in [-0.2, -0.15) is 0 Å². The Morgan fingerprint density at radius 3 is 2.05 bits per heavy atom. The number of anilines is 1. The highest BCUT2D eigenvalue weighted by molar-refractivity contribution is 7.85. The summed E-state index contributed by atoms with van der Waals surface area (Å²) in [5, 5.41) is 10.1. The minimum atomic E-state index is -4.68. The molecule has 5 rings (SSSR count). The molecule has 348 valence electrons. The van der Waals surface area contributed by atoms with Crippen molar-refractivity contribution in [2.75, 3.05) is 105 Å². The van der Waals surface area contributed by atoms with Gasteiger partial charge in [0, 0.05) is 61.2 Å². The van der Waals surface area contributed by atoms with E-state index in [1.54, 1.807) is 20.3 Å². The van der Waals surface area contributed by atoms with Crippen LogP contribution in [0.4, 0.5) is 5.69 Å². The molecule has 0 saturated carbocycles. The first-order chi connectivity index (χ1) is 30.9. The number of hydrogen-bond donors (Lipinski definition) is 1. The third-order valence-electron chi connectivity index (χ3n) is 11.2. The monoisotopic (exact) mass is 904 g/mol. The Labute approximate surface area is 377 Å². The molecule has 0 radical (unpaired) electrons. The summed E-state index contributed by atoms with van der Waals surface area (Å²) in [5.41, 5.74) is 5.79. The van der Waals surface area contributed by atoms with Crippen molar-refractivity contribution in [3.8, 4) is 22.5 Å². The fraction of sp³-hybridized carbons (Fsp3) is 0.469. The normalized spacial score (nSPS) is 14.3. The summed E-state index contributed by atoms with van der Waals surface area (Å²) < 4.78 is 78.4. The van der Waals surface area contributed by atoms with E-state index >= 15 is 0 Å². The van der Waals surface area contributed by atoms with Crippen LogP contribution >= 0.6 is 0 Å². The summed E-state index contributed by atoms with van der Waals surface area (Å²) in [4.78, 5) is 13.0. The SMILES string of the molecule is COCCOCCOCC[N+](CCOCCOCCOC)=c1ccc2c(-c3ccccc3)c(C)c(/C=C/C=C3/N(CCCCCC(=O)O)c4ccc(S(=O)(=O)[O-])cc4C3(C)C)oc-2c1. The van der Waals surface area contributed by atoms with E-state index in [4.69, 9.17) is 37.9 Å². The average molecular weight is 905 g/mol. The first kappa shape index (κ1) is 50.3. The molecule has 2 heterocycles. The number of fused-ring (bicyclic) bond motifs is 2. The van der Waals surface area contributed by atoms with Crippen LogP contribution in [0.2, 0.25) is 0 Å². The van der Waals surface area contributed by atoms with Gasteiger partial charge in [0.05, 0.1) is 63.8 Å². The largest absolute Gasteiger partial charge is 0.744 e. The second-order valence-electron chi connectivity index (χ2n) is 16.0. The number of benzene rings is 3. The minimum Gasteiger partial charge on any atom is -0.744 e. The molecule has 0 spiro atoms. The molecular formula is C49H64N2O12S. The van der Waals surface area contributed by atoms with Crippen LogP contribution in [-0.2, 0) is 48.7 Å². The number of carboxylic acid groups (broad SMARTS) is 1. The molecule has 0 aromatic heterocycles. The number of hydrogen-bond acceptors (Lipinski definition) is 12. The van der Waals surface area contributed by atoms with Crippen LogP contribution in [0.5, 0.6) is 0 Å². The number of rotatable bonds is 28. The van der Waals surface area contributed by atoms with Crippen LogP contribution in [-0.4, -0.2) is 124 Å². The summed E-state index contributed by atoms with van der Waals surface area (Å²) >= 11 is 0. The smallest absolute Gasteiger partial charge is 0.303 e. The second kappa shape index (κ2) is 25.1. The lowest BCUT2D eigenvalue weighted by Crippen LogP contribution is -2.36. The lowest BCUT2D eigenvalue weighted by molar-refractivity contribution is -0.137. The van der Waals surface area contributed by atoms with Crippen molar-refractivity contribution in [3.05, 3.63) is 107 Å². The molecule has 3 aliphatic rings. The Balaban J connectivity index is 1.51. The van der Waals surface area contributed by atoms with Crippen molar-refractivity contribution in [2.24, 2.45) is 0 Å². The third kappa shape index (κ3) is 14.1. The predicted molar refractivity (Wildman–Crippen MR) is 246 cm³/mol. The van der Waals surface area contributed by atoms with Gasteiger partial charge >= 0.3 is 5.97 Å². The Morgan fingerprint density at radius 1 is 0.812 bits per heavy atom. The molecule has 0 fully saturated rings. The van der Waals surface area contributed by atoms with Crippen molar-refractivity contribution < 1.29 is 55.7 Å². The highest BCUT2D eigenvalue weighted by Gasteiger charge is 2.40. The van der Waals surface area contributed by atoms with E-state index in [1.165, 1.54) is 12.1 Å². The number of carboxylic acids is 1. The zero-order chi connectivity index (χ0) is 46.0. The van der Waals surface area contributed by atoms with Crippen molar-refractivity contribution >= 4 is 27.9 Å². The Bertz CT molecular complexity index is 2300. The van der Waals surface area contributed by atoms with Gasteiger partial charge in [-0.05, 0) is 72.9 Å². The van der Waals surface area contributed by atoms with Gasteiger partial charge in [0.2, 0.25) is 5.36 Å². The quantitative estimate of drug-likeness (QED) is 0.0362. The Hall–Kier alpha value is -4.71. The number of ether oxygens (including phenoxy) is 6. The van der Waals surface area contributed by atoms with Gasteiger partial charge in [-0.15, -0.1) is 0 Å². The van der Waals surface area contributed by atoms with Gasteiger partial charge in [-0.3, -0.25) is 4.79 Å². The molecule has 14 nitrogen and oxygen atoms in total. The van der Waals surface area contributed by atoms with Gasteiger partial charge in [0.1, 0.15) is 34.9 Å². The molecule has 0 amide bonds. The molecule has 64 heavy (non-hydrogen) atoms. The molecule has 1 aliphatic carbocycles. The molecule has 2 aromatic carbocycles. The zero-order valence-corrected chi connectivity index (χ0v) is 38.7. The van der Waals surface area contributed by atoms with Crippen LogP contribution in [0.15, 0.2) is 93.9 Å². The van der Waals surface area contributed by atoms with E-state index in [2.05, 4.69) is 46.7 Å². The molecular weight excluding hydrogens is 841 g/mol. The third-order valence-corrected chi connectivity index (χ3v) is 12.0. The molecule has 0 bridgehead atoms. The molecule has 2 aliphatic heterocycles.